The van der Waals surface area contributed by atoms with E-state index in [1.165, 1.54) is 6.07 Å². The summed E-state index contributed by atoms with van der Waals surface area (Å²) in [6, 6.07) is 4.84. The lowest BCUT2D eigenvalue weighted by Gasteiger charge is -2.21. The third kappa shape index (κ3) is 4.03. The van der Waals surface area contributed by atoms with Gasteiger partial charge in [0.2, 0.25) is 0 Å². The van der Waals surface area contributed by atoms with Crippen LogP contribution in [0.1, 0.15) is 26.2 Å². The third-order valence-electron chi connectivity index (χ3n) is 3.37. The smallest absolute Gasteiger partial charge is 0.404 e. The predicted molar refractivity (Wildman–Crippen MR) is 71.3 cm³/mol. The molecule has 2 unspecified atom stereocenters. The summed E-state index contributed by atoms with van der Waals surface area (Å²) in [5.41, 5.74) is 0.388. The maximum Gasteiger partial charge on any atom is 0.573 e. The monoisotopic (exact) mass is 337 g/mol. The van der Waals surface area contributed by atoms with Crippen molar-refractivity contribution in [3.05, 3.63) is 22.7 Å². The summed E-state index contributed by atoms with van der Waals surface area (Å²) in [5, 5.41) is 3.16. The molecule has 106 valence electrons. The number of halogens is 4. The van der Waals surface area contributed by atoms with Crippen molar-refractivity contribution in [1.29, 1.82) is 0 Å². The average Bonchev–Trinajstić information content (AvgIpc) is 2.66. The van der Waals surface area contributed by atoms with Gasteiger partial charge in [-0.25, -0.2) is 0 Å². The molecular weight excluding hydrogens is 323 g/mol. The fourth-order valence-electron chi connectivity index (χ4n) is 2.38. The number of hydrogen-bond donors (Lipinski definition) is 1. The molecule has 1 N–H and O–H groups in total. The van der Waals surface area contributed by atoms with E-state index in [4.69, 9.17) is 0 Å². The molecule has 1 aliphatic rings. The van der Waals surface area contributed by atoms with Gasteiger partial charge in [0.1, 0.15) is 0 Å². The van der Waals surface area contributed by atoms with Gasteiger partial charge in [0.15, 0.2) is 5.75 Å². The standard InChI is InChI=1S/C13H15BrF3NO/c1-8-3-2-4-10(8)18-11-6-5-9(14)7-12(11)19-13(15,16)17/h5-8,10,18H,2-4H2,1H3. The van der Waals surface area contributed by atoms with Gasteiger partial charge in [-0.1, -0.05) is 29.3 Å². The Balaban J connectivity index is 2.19. The fraction of sp³-hybridized carbons (Fsp3) is 0.538. The van der Waals surface area contributed by atoms with E-state index in [9.17, 15) is 13.2 Å². The van der Waals surface area contributed by atoms with Gasteiger partial charge in [-0.2, -0.15) is 0 Å². The zero-order chi connectivity index (χ0) is 14.0. The fourth-order valence-corrected chi connectivity index (χ4v) is 2.72. The van der Waals surface area contributed by atoms with Crippen LogP contribution in [0.2, 0.25) is 0 Å². The Labute approximate surface area is 118 Å². The van der Waals surface area contributed by atoms with Gasteiger partial charge in [-0.3, -0.25) is 0 Å². The number of hydrogen-bond acceptors (Lipinski definition) is 2. The summed E-state index contributed by atoms with van der Waals surface area (Å²) in [7, 11) is 0. The average molecular weight is 338 g/mol. The summed E-state index contributed by atoms with van der Waals surface area (Å²) in [6.45, 7) is 2.10. The number of benzene rings is 1. The molecule has 1 saturated carbocycles. The highest BCUT2D eigenvalue weighted by Gasteiger charge is 2.33. The number of anilines is 1. The Morgan fingerprint density at radius 2 is 2.05 bits per heavy atom. The van der Waals surface area contributed by atoms with Crippen LogP contribution < -0.4 is 10.1 Å². The Morgan fingerprint density at radius 1 is 1.32 bits per heavy atom. The largest absolute Gasteiger partial charge is 0.573 e. The molecule has 0 aromatic heterocycles. The van der Waals surface area contributed by atoms with E-state index in [-0.39, 0.29) is 11.8 Å². The Morgan fingerprint density at radius 3 is 2.63 bits per heavy atom. The number of alkyl halides is 3. The number of nitrogens with one attached hydrogen (secondary N) is 1. The molecule has 1 aliphatic carbocycles. The van der Waals surface area contributed by atoms with E-state index in [0.717, 1.165) is 19.3 Å². The summed E-state index contributed by atoms with van der Waals surface area (Å²) in [6.07, 6.45) is -1.50. The molecule has 0 aliphatic heterocycles. The van der Waals surface area contributed by atoms with Crippen molar-refractivity contribution in [2.75, 3.05) is 5.32 Å². The summed E-state index contributed by atoms with van der Waals surface area (Å²) >= 11 is 3.15. The Hall–Kier alpha value is -0.910. The molecular formula is C13H15BrF3NO. The van der Waals surface area contributed by atoms with Crippen LogP contribution in [0.3, 0.4) is 0 Å². The lowest BCUT2D eigenvalue weighted by Crippen LogP contribution is -2.24. The quantitative estimate of drug-likeness (QED) is 0.842. The van der Waals surface area contributed by atoms with Crippen molar-refractivity contribution in [3.63, 3.8) is 0 Å². The Kier molecular flexibility index (Phi) is 4.28. The topological polar surface area (TPSA) is 21.3 Å². The van der Waals surface area contributed by atoms with Crippen LogP contribution in [-0.2, 0) is 0 Å². The number of ether oxygens (including phenoxy) is 1. The Bertz CT molecular complexity index is 450. The van der Waals surface area contributed by atoms with E-state index >= 15 is 0 Å². The van der Waals surface area contributed by atoms with Crippen molar-refractivity contribution < 1.29 is 17.9 Å². The minimum Gasteiger partial charge on any atom is -0.404 e. The first-order chi connectivity index (χ1) is 8.85. The third-order valence-corrected chi connectivity index (χ3v) is 3.86. The van der Waals surface area contributed by atoms with E-state index in [0.29, 0.717) is 16.1 Å². The van der Waals surface area contributed by atoms with Crippen LogP contribution in [-0.4, -0.2) is 12.4 Å². The summed E-state index contributed by atoms with van der Waals surface area (Å²) < 4.78 is 41.8. The highest BCUT2D eigenvalue weighted by molar-refractivity contribution is 9.10. The van der Waals surface area contributed by atoms with Gasteiger partial charge in [0, 0.05) is 10.5 Å². The summed E-state index contributed by atoms with van der Waals surface area (Å²) in [5.74, 6) is 0.267. The van der Waals surface area contributed by atoms with Crippen molar-refractivity contribution >= 4 is 21.6 Å². The van der Waals surface area contributed by atoms with Crippen molar-refractivity contribution in [1.82, 2.24) is 0 Å². The van der Waals surface area contributed by atoms with Crippen molar-refractivity contribution in [2.24, 2.45) is 5.92 Å². The van der Waals surface area contributed by atoms with E-state index < -0.39 is 6.36 Å². The molecule has 0 radical (unpaired) electrons. The molecule has 6 heteroatoms. The van der Waals surface area contributed by atoms with Gasteiger partial charge in [-0.15, -0.1) is 13.2 Å². The first kappa shape index (κ1) is 14.5. The first-order valence-electron chi connectivity index (χ1n) is 6.17. The van der Waals surface area contributed by atoms with Crippen LogP contribution in [0.5, 0.6) is 5.75 Å². The van der Waals surface area contributed by atoms with E-state index in [1.807, 2.05) is 0 Å². The second kappa shape index (κ2) is 5.61. The van der Waals surface area contributed by atoms with Gasteiger partial charge in [0.25, 0.3) is 0 Å². The lowest BCUT2D eigenvalue weighted by atomic mass is 10.1. The molecule has 0 bridgehead atoms. The van der Waals surface area contributed by atoms with E-state index in [1.54, 1.807) is 12.1 Å². The molecule has 0 amide bonds. The SMILES string of the molecule is CC1CCCC1Nc1ccc(Br)cc1OC(F)(F)F. The molecule has 2 nitrogen and oxygen atoms in total. The van der Waals surface area contributed by atoms with Crippen molar-refractivity contribution in [3.8, 4) is 5.75 Å². The maximum absolute atomic E-state index is 12.4. The zero-order valence-corrected chi connectivity index (χ0v) is 12.0. The first-order valence-corrected chi connectivity index (χ1v) is 6.96. The second-order valence-electron chi connectivity index (χ2n) is 4.85. The minimum atomic E-state index is -4.68. The molecule has 0 spiro atoms. The molecule has 1 aromatic rings. The number of rotatable bonds is 3. The van der Waals surface area contributed by atoms with Crippen LogP contribution in [0, 0.1) is 5.92 Å². The molecule has 2 rings (SSSR count). The van der Waals surface area contributed by atoms with Gasteiger partial charge in [-0.05, 0) is 37.0 Å². The van der Waals surface area contributed by atoms with Gasteiger partial charge in [0.05, 0.1) is 5.69 Å². The molecule has 1 aromatic carbocycles. The highest BCUT2D eigenvalue weighted by Crippen LogP contribution is 2.36. The minimum absolute atomic E-state index is 0.194. The highest BCUT2D eigenvalue weighted by atomic mass is 79.9. The van der Waals surface area contributed by atoms with Crippen molar-refractivity contribution in [2.45, 2.75) is 38.6 Å². The second-order valence-corrected chi connectivity index (χ2v) is 5.76. The molecule has 2 atom stereocenters. The van der Waals surface area contributed by atoms with Gasteiger partial charge < -0.3 is 10.1 Å². The van der Waals surface area contributed by atoms with Crippen LogP contribution >= 0.6 is 15.9 Å². The lowest BCUT2D eigenvalue weighted by molar-refractivity contribution is -0.274. The molecule has 0 saturated heterocycles. The molecule has 1 fully saturated rings. The van der Waals surface area contributed by atoms with Crippen LogP contribution in [0.15, 0.2) is 22.7 Å². The predicted octanol–water partition coefficient (Wildman–Crippen LogP) is 4.95. The molecule has 0 heterocycles. The summed E-state index contributed by atoms with van der Waals surface area (Å²) in [4.78, 5) is 0. The zero-order valence-electron chi connectivity index (χ0n) is 10.4. The van der Waals surface area contributed by atoms with E-state index in [2.05, 4.69) is 32.9 Å². The molecule has 19 heavy (non-hydrogen) atoms. The van der Waals surface area contributed by atoms with Crippen LogP contribution in [0.25, 0.3) is 0 Å². The van der Waals surface area contributed by atoms with Gasteiger partial charge >= 0.3 is 6.36 Å². The van der Waals surface area contributed by atoms with Crippen LogP contribution in [0.4, 0.5) is 18.9 Å². The normalized spacial score (nSPS) is 23.4. The maximum atomic E-state index is 12.4.